The molecule has 0 spiro atoms. The second-order valence-electron chi connectivity index (χ2n) is 3.05. The summed E-state index contributed by atoms with van der Waals surface area (Å²) >= 11 is 0. The zero-order chi connectivity index (χ0) is 9.42. The van der Waals surface area contributed by atoms with Gasteiger partial charge in [-0.15, -0.1) is 0 Å². The predicted molar refractivity (Wildman–Crippen MR) is 43.2 cm³/mol. The molecule has 13 heavy (non-hydrogen) atoms. The number of ether oxygens (including phenoxy) is 1. The Morgan fingerprint density at radius 2 is 2.62 bits per heavy atom. The number of aliphatic carboxylic acids is 1. The molecule has 2 rings (SSSR count). The van der Waals surface area contributed by atoms with Crippen LogP contribution < -0.4 is 0 Å². The van der Waals surface area contributed by atoms with Gasteiger partial charge in [-0.05, 0) is 12.0 Å². The highest BCUT2D eigenvalue weighted by atomic mass is 16.5. The molecule has 0 aromatic carbocycles. The Labute approximate surface area is 74.9 Å². The molecule has 5 nitrogen and oxygen atoms in total. The number of carboxylic acid groups (broad SMARTS) is 1. The highest BCUT2D eigenvalue weighted by molar-refractivity contribution is 5.74. The number of carboxylic acids is 1. The molecule has 5 heteroatoms. The number of nitrogens with zero attached hydrogens (tertiary/aromatic N) is 2. The van der Waals surface area contributed by atoms with Crippen molar-refractivity contribution in [1.82, 2.24) is 9.78 Å². The van der Waals surface area contributed by atoms with Gasteiger partial charge in [0.05, 0.1) is 6.61 Å². The lowest BCUT2D eigenvalue weighted by Gasteiger charge is -2.17. The first-order valence-corrected chi connectivity index (χ1v) is 4.05. The standard InChI is InChI=1S/C8H10N2O3/c1-10-4-5-2-3-13-7(8(11)12)6(5)9-10/h4,7H,2-3H2,1H3,(H,11,12). The van der Waals surface area contributed by atoms with Gasteiger partial charge in [0.25, 0.3) is 0 Å². The van der Waals surface area contributed by atoms with Crippen LogP contribution in [-0.4, -0.2) is 27.5 Å². The van der Waals surface area contributed by atoms with Crippen LogP contribution in [0.4, 0.5) is 0 Å². The van der Waals surface area contributed by atoms with Gasteiger partial charge in [-0.1, -0.05) is 0 Å². The molecule has 0 radical (unpaired) electrons. The topological polar surface area (TPSA) is 64.4 Å². The molecular weight excluding hydrogens is 172 g/mol. The summed E-state index contributed by atoms with van der Waals surface area (Å²) < 4.78 is 6.72. The molecule has 0 fully saturated rings. The fourth-order valence-corrected chi connectivity index (χ4v) is 1.52. The predicted octanol–water partition coefficient (Wildman–Crippen LogP) is 0.118. The van der Waals surface area contributed by atoms with Gasteiger partial charge in [0.1, 0.15) is 5.69 Å². The fourth-order valence-electron chi connectivity index (χ4n) is 1.52. The maximum Gasteiger partial charge on any atom is 0.339 e. The van der Waals surface area contributed by atoms with Crippen LogP contribution in [-0.2, 0) is 23.0 Å². The van der Waals surface area contributed by atoms with Crippen molar-refractivity contribution < 1.29 is 14.6 Å². The minimum atomic E-state index is -0.973. The molecule has 0 saturated heterocycles. The largest absolute Gasteiger partial charge is 0.479 e. The van der Waals surface area contributed by atoms with Crippen LogP contribution in [0.15, 0.2) is 6.20 Å². The van der Waals surface area contributed by atoms with Crippen LogP contribution in [0.2, 0.25) is 0 Å². The van der Waals surface area contributed by atoms with Crippen LogP contribution in [0.1, 0.15) is 17.4 Å². The van der Waals surface area contributed by atoms with Gasteiger partial charge < -0.3 is 9.84 Å². The van der Waals surface area contributed by atoms with Crippen molar-refractivity contribution in [2.75, 3.05) is 6.61 Å². The Morgan fingerprint density at radius 1 is 1.85 bits per heavy atom. The highest BCUT2D eigenvalue weighted by Crippen LogP contribution is 2.25. The fraction of sp³-hybridized carbons (Fsp3) is 0.500. The smallest absolute Gasteiger partial charge is 0.339 e. The summed E-state index contributed by atoms with van der Waals surface area (Å²) in [5, 5.41) is 12.9. The summed E-state index contributed by atoms with van der Waals surface area (Å²) in [6.45, 7) is 0.454. The van der Waals surface area contributed by atoms with Gasteiger partial charge >= 0.3 is 5.97 Å². The summed E-state index contributed by atoms with van der Waals surface area (Å²) in [6, 6.07) is 0. The summed E-state index contributed by atoms with van der Waals surface area (Å²) in [7, 11) is 1.78. The summed E-state index contributed by atoms with van der Waals surface area (Å²) in [5.74, 6) is -0.973. The number of hydrogen-bond donors (Lipinski definition) is 1. The van der Waals surface area contributed by atoms with Crippen LogP contribution >= 0.6 is 0 Å². The van der Waals surface area contributed by atoms with E-state index in [0.29, 0.717) is 12.3 Å². The number of hydrogen-bond acceptors (Lipinski definition) is 3. The van der Waals surface area contributed by atoms with Crippen LogP contribution in [0.25, 0.3) is 0 Å². The van der Waals surface area contributed by atoms with E-state index in [-0.39, 0.29) is 0 Å². The molecule has 1 aromatic rings. The van der Waals surface area contributed by atoms with Crippen molar-refractivity contribution in [3.05, 3.63) is 17.5 Å². The quantitative estimate of drug-likeness (QED) is 0.670. The van der Waals surface area contributed by atoms with Gasteiger partial charge in [0.15, 0.2) is 6.10 Å². The molecule has 1 aliphatic rings. The molecular formula is C8H10N2O3. The molecule has 2 heterocycles. The molecule has 1 aliphatic heterocycles. The maximum absolute atomic E-state index is 10.8. The Morgan fingerprint density at radius 3 is 3.31 bits per heavy atom. The molecule has 1 aromatic heterocycles. The number of rotatable bonds is 1. The molecule has 70 valence electrons. The monoisotopic (exact) mass is 182 g/mol. The van der Waals surface area contributed by atoms with Gasteiger partial charge in [-0.25, -0.2) is 4.79 Å². The minimum absolute atomic E-state index is 0.454. The highest BCUT2D eigenvalue weighted by Gasteiger charge is 2.29. The first-order valence-electron chi connectivity index (χ1n) is 4.05. The van der Waals surface area contributed by atoms with Crippen molar-refractivity contribution >= 4 is 5.97 Å². The van der Waals surface area contributed by atoms with Crippen LogP contribution in [0.5, 0.6) is 0 Å². The van der Waals surface area contributed by atoms with Gasteiger partial charge in [0, 0.05) is 13.2 Å². The Kier molecular flexibility index (Phi) is 1.81. The van der Waals surface area contributed by atoms with Crippen LogP contribution in [0.3, 0.4) is 0 Å². The van der Waals surface area contributed by atoms with E-state index in [0.717, 1.165) is 12.0 Å². The lowest BCUT2D eigenvalue weighted by molar-refractivity contribution is -0.152. The van der Waals surface area contributed by atoms with Gasteiger partial charge in [-0.2, -0.15) is 5.10 Å². The van der Waals surface area contributed by atoms with Crippen LogP contribution in [0, 0.1) is 0 Å². The van der Waals surface area contributed by atoms with Gasteiger partial charge in [0.2, 0.25) is 0 Å². The van der Waals surface area contributed by atoms with Gasteiger partial charge in [-0.3, -0.25) is 4.68 Å². The number of aromatic nitrogens is 2. The zero-order valence-electron chi connectivity index (χ0n) is 7.23. The van der Waals surface area contributed by atoms with E-state index in [1.807, 2.05) is 6.20 Å². The average molecular weight is 182 g/mol. The van der Waals surface area contributed by atoms with E-state index in [1.165, 1.54) is 0 Å². The molecule has 1 N–H and O–H groups in total. The van der Waals surface area contributed by atoms with E-state index >= 15 is 0 Å². The summed E-state index contributed by atoms with van der Waals surface area (Å²) in [4.78, 5) is 10.8. The Bertz CT molecular complexity index is 345. The van der Waals surface area contributed by atoms with E-state index in [9.17, 15) is 4.79 Å². The minimum Gasteiger partial charge on any atom is -0.479 e. The third-order valence-electron chi connectivity index (χ3n) is 2.07. The van der Waals surface area contributed by atoms with Crippen molar-refractivity contribution in [3.8, 4) is 0 Å². The van der Waals surface area contributed by atoms with Crippen molar-refractivity contribution in [2.45, 2.75) is 12.5 Å². The van der Waals surface area contributed by atoms with Crippen molar-refractivity contribution in [1.29, 1.82) is 0 Å². The van der Waals surface area contributed by atoms with E-state index in [2.05, 4.69) is 5.10 Å². The second kappa shape index (κ2) is 2.85. The lowest BCUT2D eigenvalue weighted by atomic mass is 10.1. The van der Waals surface area contributed by atoms with E-state index in [4.69, 9.17) is 9.84 Å². The van der Waals surface area contributed by atoms with Crippen molar-refractivity contribution in [3.63, 3.8) is 0 Å². The number of fused-ring (bicyclic) bond motifs is 1. The second-order valence-corrected chi connectivity index (χ2v) is 3.05. The lowest BCUT2D eigenvalue weighted by Crippen LogP contribution is -2.22. The maximum atomic E-state index is 10.8. The average Bonchev–Trinajstić information content (AvgIpc) is 2.43. The first-order chi connectivity index (χ1) is 6.18. The Hall–Kier alpha value is -1.36. The molecule has 1 atom stereocenters. The molecule has 0 amide bonds. The molecule has 0 saturated carbocycles. The number of aryl methyl sites for hydroxylation is 1. The summed E-state index contributed by atoms with van der Waals surface area (Å²) in [6.07, 6.45) is 1.70. The molecule has 0 bridgehead atoms. The zero-order valence-corrected chi connectivity index (χ0v) is 7.23. The molecule has 1 unspecified atom stereocenters. The SMILES string of the molecule is Cn1cc2c(n1)C(C(=O)O)OCC2. The van der Waals surface area contributed by atoms with E-state index < -0.39 is 12.1 Å². The third-order valence-corrected chi connectivity index (χ3v) is 2.07. The summed E-state index contributed by atoms with van der Waals surface area (Å²) in [5.41, 5.74) is 1.52. The first kappa shape index (κ1) is 8.25. The van der Waals surface area contributed by atoms with Crippen molar-refractivity contribution in [2.24, 2.45) is 7.05 Å². The normalized spacial score (nSPS) is 21.2. The molecule has 0 aliphatic carbocycles. The third kappa shape index (κ3) is 1.31. The number of carbonyl (C=O) groups is 1. The van der Waals surface area contributed by atoms with E-state index in [1.54, 1.807) is 11.7 Å². The Balaban J connectivity index is 2.41.